The largest absolute Gasteiger partial charge is 0.330 e. The summed E-state index contributed by atoms with van der Waals surface area (Å²) in [5.74, 6) is 0.848. The predicted octanol–water partition coefficient (Wildman–Crippen LogP) is 2.55. The lowest BCUT2D eigenvalue weighted by atomic mass is 9.97. The van der Waals surface area contributed by atoms with E-state index in [0.717, 1.165) is 23.8 Å². The van der Waals surface area contributed by atoms with Gasteiger partial charge in [0, 0.05) is 12.8 Å². The van der Waals surface area contributed by atoms with Crippen molar-refractivity contribution < 1.29 is 0 Å². The Hall–Kier alpha value is -0.480. The van der Waals surface area contributed by atoms with Crippen molar-refractivity contribution in [1.29, 1.82) is 0 Å². The van der Waals surface area contributed by atoms with Crippen LogP contribution in [-0.4, -0.2) is 16.7 Å². The van der Waals surface area contributed by atoms with Crippen molar-refractivity contribution in [3.63, 3.8) is 0 Å². The highest BCUT2D eigenvalue weighted by Gasteiger charge is 2.15. The van der Waals surface area contributed by atoms with Gasteiger partial charge in [-0.05, 0) is 12.5 Å². The molecule has 3 nitrogen and oxygen atoms in total. The molecule has 1 heterocycles. The fourth-order valence-corrected chi connectivity index (χ4v) is 3.38. The second kappa shape index (κ2) is 6.30. The van der Waals surface area contributed by atoms with Crippen molar-refractivity contribution >= 4 is 11.3 Å². The van der Waals surface area contributed by atoms with Crippen LogP contribution in [0.3, 0.4) is 0 Å². The normalized spacial score (nSPS) is 18.6. The molecule has 0 unspecified atom stereocenters. The van der Waals surface area contributed by atoms with Gasteiger partial charge in [-0.15, -0.1) is 21.5 Å². The Morgan fingerprint density at radius 2 is 1.75 bits per heavy atom. The summed E-state index contributed by atoms with van der Waals surface area (Å²) in [7, 11) is 0. The van der Waals surface area contributed by atoms with Gasteiger partial charge in [-0.3, -0.25) is 0 Å². The molecular formula is C12H21N3S. The van der Waals surface area contributed by atoms with Gasteiger partial charge in [-0.25, -0.2) is 0 Å². The van der Waals surface area contributed by atoms with Crippen molar-refractivity contribution in [3.8, 4) is 0 Å². The van der Waals surface area contributed by atoms with Crippen LogP contribution in [0.25, 0.3) is 0 Å². The maximum atomic E-state index is 5.51. The van der Waals surface area contributed by atoms with Crippen molar-refractivity contribution in [2.45, 2.75) is 51.4 Å². The third kappa shape index (κ3) is 3.52. The first-order valence-corrected chi connectivity index (χ1v) is 7.21. The molecule has 0 aromatic carbocycles. The monoisotopic (exact) mass is 239 g/mol. The second-order valence-corrected chi connectivity index (χ2v) is 5.84. The first-order chi connectivity index (χ1) is 7.88. The lowest BCUT2D eigenvalue weighted by Crippen LogP contribution is -2.02. The molecule has 0 aliphatic heterocycles. The van der Waals surface area contributed by atoms with Crippen molar-refractivity contribution in [2.24, 2.45) is 11.7 Å². The van der Waals surface area contributed by atoms with Gasteiger partial charge in [-0.1, -0.05) is 38.5 Å². The quantitative estimate of drug-likeness (QED) is 0.822. The Bertz CT molecular complexity index is 303. The van der Waals surface area contributed by atoms with Crippen LogP contribution >= 0.6 is 11.3 Å². The first kappa shape index (κ1) is 12.0. The average Bonchev–Trinajstić information content (AvgIpc) is 2.56. The summed E-state index contributed by atoms with van der Waals surface area (Å²) in [4.78, 5) is 0. The Kier molecular flexibility index (Phi) is 4.72. The van der Waals surface area contributed by atoms with Crippen molar-refractivity contribution in [1.82, 2.24) is 10.2 Å². The smallest absolute Gasteiger partial charge is 0.118 e. The fourth-order valence-electron chi connectivity index (χ4n) is 2.41. The molecule has 1 aromatic rings. The fraction of sp³-hybridized carbons (Fsp3) is 0.833. The van der Waals surface area contributed by atoms with Crippen LogP contribution in [0.4, 0.5) is 0 Å². The van der Waals surface area contributed by atoms with Crippen molar-refractivity contribution in [3.05, 3.63) is 10.0 Å². The summed E-state index contributed by atoms with van der Waals surface area (Å²) in [6.07, 6.45) is 10.4. The Morgan fingerprint density at radius 1 is 1.06 bits per heavy atom. The minimum Gasteiger partial charge on any atom is -0.330 e. The minimum absolute atomic E-state index is 0.679. The van der Waals surface area contributed by atoms with Gasteiger partial charge in [0.2, 0.25) is 0 Å². The maximum absolute atomic E-state index is 5.51. The molecule has 0 amide bonds. The van der Waals surface area contributed by atoms with Gasteiger partial charge >= 0.3 is 0 Å². The summed E-state index contributed by atoms with van der Waals surface area (Å²) in [5, 5.41) is 10.8. The molecule has 1 aliphatic carbocycles. The molecular weight excluding hydrogens is 218 g/mol. The summed E-state index contributed by atoms with van der Waals surface area (Å²) in [6.45, 7) is 0.679. The Balaban J connectivity index is 1.86. The van der Waals surface area contributed by atoms with E-state index in [1.54, 1.807) is 11.3 Å². The molecule has 0 radical (unpaired) electrons. The zero-order chi connectivity index (χ0) is 11.2. The topological polar surface area (TPSA) is 51.8 Å². The highest BCUT2D eigenvalue weighted by molar-refractivity contribution is 7.11. The van der Waals surface area contributed by atoms with E-state index >= 15 is 0 Å². The van der Waals surface area contributed by atoms with Gasteiger partial charge in [0.1, 0.15) is 10.0 Å². The van der Waals surface area contributed by atoms with Crippen LogP contribution in [0, 0.1) is 5.92 Å². The van der Waals surface area contributed by atoms with Crippen LogP contribution in [-0.2, 0) is 12.8 Å². The van der Waals surface area contributed by atoms with E-state index in [2.05, 4.69) is 10.2 Å². The summed E-state index contributed by atoms with van der Waals surface area (Å²) >= 11 is 1.76. The molecule has 1 aliphatic rings. The van der Waals surface area contributed by atoms with Crippen LogP contribution in [0.15, 0.2) is 0 Å². The standard InChI is InChI=1S/C12H21N3S/c13-8-7-11-14-15-12(16-11)9-10-5-3-1-2-4-6-10/h10H,1-9,13H2. The molecule has 0 atom stereocenters. The van der Waals surface area contributed by atoms with E-state index in [4.69, 9.17) is 5.73 Å². The van der Waals surface area contributed by atoms with Gasteiger partial charge in [-0.2, -0.15) is 0 Å². The highest BCUT2D eigenvalue weighted by Crippen LogP contribution is 2.26. The molecule has 4 heteroatoms. The zero-order valence-corrected chi connectivity index (χ0v) is 10.6. The van der Waals surface area contributed by atoms with Crippen LogP contribution < -0.4 is 5.73 Å². The van der Waals surface area contributed by atoms with Gasteiger partial charge in [0.25, 0.3) is 0 Å². The van der Waals surface area contributed by atoms with E-state index in [0.29, 0.717) is 6.54 Å². The predicted molar refractivity (Wildman–Crippen MR) is 67.6 cm³/mol. The number of nitrogens with two attached hydrogens (primary N) is 1. The highest BCUT2D eigenvalue weighted by atomic mass is 32.1. The molecule has 1 saturated carbocycles. The molecule has 0 spiro atoms. The second-order valence-electron chi connectivity index (χ2n) is 4.69. The third-order valence-electron chi connectivity index (χ3n) is 3.30. The maximum Gasteiger partial charge on any atom is 0.118 e. The lowest BCUT2D eigenvalue weighted by Gasteiger charge is -2.10. The van der Waals surface area contributed by atoms with E-state index in [9.17, 15) is 0 Å². The molecule has 16 heavy (non-hydrogen) atoms. The molecule has 0 bridgehead atoms. The molecule has 1 aromatic heterocycles. The van der Waals surface area contributed by atoms with Gasteiger partial charge in [0.15, 0.2) is 0 Å². The van der Waals surface area contributed by atoms with Crippen LogP contribution in [0.5, 0.6) is 0 Å². The Morgan fingerprint density at radius 3 is 2.44 bits per heavy atom. The van der Waals surface area contributed by atoms with Gasteiger partial charge in [0.05, 0.1) is 0 Å². The first-order valence-electron chi connectivity index (χ1n) is 6.40. The number of hydrogen-bond donors (Lipinski definition) is 1. The third-order valence-corrected chi connectivity index (χ3v) is 4.31. The van der Waals surface area contributed by atoms with Crippen LogP contribution in [0.1, 0.15) is 48.5 Å². The van der Waals surface area contributed by atoms with Gasteiger partial charge < -0.3 is 5.73 Å². The number of aromatic nitrogens is 2. The van der Waals surface area contributed by atoms with E-state index < -0.39 is 0 Å². The van der Waals surface area contributed by atoms with E-state index in [1.807, 2.05) is 0 Å². The summed E-state index contributed by atoms with van der Waals surface area (Å²) in [6, 6.07) is 0. The average molecular weight is 239 g/mol. The molecule has 0 saturated heterocycles. The van der Waals surface area contributed by atoms with E-state index in [-0.39, 0.29) is 0 Å². The van der Waals surface area contributed by atoms with Crippen molar-refractivity contribution in [2.75, 3.05) is 6.54 Å². The van der Waals surface area contributed by atoms with E-state index in [1.165, 1.54) is 43.5 Å². The summed E-state index contributed by atoms with van der Waals surface area (Å²) in [5.41, 5.74) is 5.51. The minimum atomic E-state index is 0.679. The number of hydrogen-bond acceptors (Lipinski definition) is 4. The molecule has 1 fully saturated rings. The molecule has 90 valence electrons. The lowest BCUT2D eigenvalue weighted by molar-refractivity contribution is 0.456. The number of nitrogens with zero attached hydrogens (tertiary/aromatic N) is 2. The number of rotatable bonds is 4. The summed E-state index contributed by atoms with van der Waals surface area (Å²) < 4.78 is 0. The Labute approximate surface area is 101 Å². The SMILES string of the molecule is NCCc1nnc(CC2CCCCCC2)s1. The zero-order valence-electron chi connectivity index (χ0n) is 9.82. The van der Waals surface area contributed by atoms with Crippen LogP contribution in [0.2, 0.25) is 0 Å². The molecule has 2 rings (SSSR count). The molecule has 2 N–H and O–H groups in total.